The first kappa shape index (κ1) is 21.4. The number of benzene rings is 1. The zero-order valence-electron chi connectivity index (χ0n) is 17.5. The van der Waals surface area contributed by atoms with Gasteiger partial charge in [0.25, 0.3) is 0 Å². The van der Waals surface area contributed by atoms with Gasteiger partial charge in [-0.1, -0.05) is 33.8 Å². The van der Waals surface area contributed by atoms with Crippen LogP contribution in [0.15, 0.2) is 18.2 Å². The van der Waals surface area contributed by atoms with Crippen LogP contribution < -0.4 is 14.8 Å². The predicted octanol–water partition coefficient (Wildman–Crippen LogP) is 3.21. The van der Waals surface area contributed by atoms with Gasteiger partial charge in [0.05, 0.1) is 13.7 Å². The molecule has 2 amide bonds. The van der Waals surface area contributed by atoms with E-state index >= 15 is 0 Å². The lowest BCUT2D eigenvalue weighted by Crippen LogP contribution is -2.51. The monoisotopic (exact) mass is 377 g/mol. The number of carbonyl (C=O) groups is 1. The molecule has 6 heteroatoms. The molecule has 0 atom stereocenters. The van der Waals surface area contributed by atoms with Crippen molar-refractivity contribution >= 4 is 6.03 Å². The molecule has 1 heterocycles. The highest BCUT2D eigenvalue weighted by molar-refractivity contribution is 5.74. The number of rotatable bonds is 8. The van der Waals surface area contributed by atoms with E-state index in [-0.39, 0.29) is 6.03 Å². The van der Waals surface area contributed by atoms with E-state index in [1.807, 2.05) is 11.0 Å². The number of amides is 2. The molecule has 1 saturated heterocycles. The maximum Gasteiger partial charge on any atom is 0.317 e. The van der Waals surface area contributed by atoms with E-state index in [0.717, 1.165) is 50.8 Å². The van der Waals surface area contributed by atoms with Crippen LogP contribution in [0.2, 0.25) is 0 Å². The Labute approximate surface area is 163 Å². The van der Waals surface area contributed by atoms with Crippen molar-refractivity contribution in [3.8, 4) is 11.5 Å². The summed E-state index contributed by atoms with van der Waals surface area (Å²) in [6, 6.07) is 6.19. The van der Waals surface area contributed by atoms with Gasteiger partial charge in [0.1, 0.15) is 0 Å². The van der Waals surface area contributed by atoms with Gasteiger partial charge in [0.15, 0.2) is 11.5 Å². The van der Waals surface area contributed by atoms with Gasteiger partial charge >= 0.3 is 6.03 Å². The van der Waals surface area contributed by atoms with Crippen LogP contribution >= 0.6 is 0 Å². The van der Waals surface area contributed by atoms with E-state index in [1.54, 1.807) is 7.11 Å². The van der Waals surface area contributed by atoms with Gasteiger partial charge in [-0.25, -0.2) is 4.79 Å². The average Bonchev–Trinajstić information content (AvgIpc) is 2.65. The number of nitrogens with one attached hydrogen (secondary N) is 1. The number of nitrogens with zero attached hydrogens (tertiary/aromatic N) is 2. The minimum absolute atomic E-state index is 0.0525. The van der Waals surface area contributed by atoms with Crippen LogP contribution in [-0.4, -0.2) is 62.3 Å². The molecular formula is C21H35N3O3. The third kappa shape index (κ3) is 6.94. The summed E-state index contributed by atoms with van der Waals surface area (Å²) in [6.45, 7) is 14.0. The number of urea groups is 1. The molecule has 1 aliphatic rings. The molecule has 0 saturated carbocycles. The summed E-state index contributed by atoms with van der Waals surface area (Å²) in [7, 11) is 1.68. The lowest BCUT2D eigenvalue weighted by atomic mass is 10.1. The first-order chi connectivity index (χ1) is 12.9. The predicted molar refractivity (Wildman–Crippen MR) is 108 cm³/mol. The Bertz CT molecular complexity index is 596. The summed E-state index contributed by atoms with van der Waals surface area (Å²) < 4.78 is 11.3. The SMILES string of the molecule is COc1cc(CN2CCN(C(=O)NCC(C)C)CC2)ccc1OCC(C)C. The number of methoxy groups -OCH3 is 1. The van der Waals surface area contributed by atoms with Crippen LogP contribution in [-0.2, 0) is 6.54 Å². The molecule has 1 aliphatic heterocycles. The second kappa shape index (κ2) is 10.4. The van der Waals surface area contributed by atoms with E-state index in [2.05, 4.69) is 50.0 Å². The van der Waals surface area contributed by atoms with Crippen molar-refractivity contribution in [3.63, 3.8) is 0 Å². The largest absolute Gasteiger partial charge is 0.493 e. The molecule has 0 unspecified atom stereocenters. The molecule has 1 aromatic rings. The smallest absolute Gasteiger partial charge is 0.317 e. The molecule has 0 radical (unpaired) electrons. The first-order valence-electron chi connectivity index (χ1n) is 9.94. The van der Waals surface area contributed by atoms with Crippen LogP contribution in [0, 0.1) is 11.8 Å². The number of carbonyl (C=O) groups excluding carboxylic acids is 1. The van der Waals surface area contributed by atoms with E-state index in [4.69, 9.17) is 9.47 Å². The molecule has 152 valence electrons. The minimum Gasteiger partial charge on any atom is -0.493 e. The third-order valence-electron chi connectivity index (χ3n) is 4.53. The summed E-state index contributed by atoms with van der Waals surface area (Å²) in [4.78, 5) is 16.4. The highest BCUT2D eigenvalue weighted by atomic mass is 16.5. The molecule has 0 bridgehead atoms. The molecule has 0 aromatic heterocycles. The molecule has 6 nitrogen and oxygen atoms in total. The molecule has 1 aromatic carbocycles. The van der Waals surface area contributed by atoms with Crippen LogP contribution in [0.25, 0.3) is 0 Å². The van der Waals surface area contributed by atoms with Gasteiger partial charge < -0.3 is 19.7 Å². The summed E-state index contributed by atoms with van der Waals surface area (Å²) in [6.07, 6.45) is 0. The van der Waals surface area contributed by atoms with Crippen molar-refractivity contribution in [2.45, 2.75) is 34.2 Å². The molecule has 27 heavy (non-hydrogen) atoms. The van der Waals surface area contributed by atoms with Gasteiger partial charge in [-0.15, -0.1) is 0 Å². The zero-order valence-corrected chi connectivity index (χ0v) is 17.5. The Morgan fingerprint density at radius 3 is 2.37 bits per heavy atom. The fourth-order valence-corrected chi connectivity index (χ4v) is 2.96. The summed E-state index contributed by atoms with van der Waals surface area (Å²) in [5.74, 6) is 2.52. The maximum absolute atomic E-state index is 12.2. The maximum atomic E-state index is 12.2. The van der Waals surface area contributed by atoms with E-state index in [1.165, 1.54) is 5.56 Å². The van der Waals surface area contributed by atoms with Crippen molar-refractivity contribution in [2.75, 3.05) is 46.4 Å². The van der Waals surface area contributed by atoms with Crippen LogP contribution in [0.3, 0.4) is 0 Å². The Morgan fingerprint density at radius 1 is 1.07 bits per heavy atom. The number of hydrogen-bond acceptors (Lipinski definition) is 4. The van der Waals surface area contributed by atoms with Crippen molar-refractivity contribution in [3.05, 3.63) is 23.8 Å². The average molecular weight is 378 g/mol. The highest BCUT2D eigenvalue weighted by Crippen LogP contribution is 2.29. The van der Waals surface area contributed by atoms with E-state index < -0.39 is 0 Å². The van der Waals surface area contributed by atoms with Gasteiger partial charge in [-0.3, -0.25) is 4.90 Å². The van der Waals surface area contributed by atoms with Gasteiger partial charge in [-0.05, 0) is 29.5 Å². The van der Waals surface area contributed by atoms with Crippen LogP contribution in [0.5, 0.6) is 11.5 Å². The van der Waals surface area contributed by atoms with E-state index in [0.29, 0.717) is 18.4 Å². The molecule has 1 fully saturated rings. The quantitative estimate of drug-likeness (QED) is 0.756. The number of piperazine rings is 1. The Kier molecular flexibility index (Phi) is 8.23. The second-order valence-corrected chi connectivity index (χ2v) is 8.03. The Hall–Kier alpha value is -1.95. The van der Waals surface area contributed by atoms with Gasteiger partial charge in [0, 0.05) is 39.3 Å². The van der Waals surface area contributed by atoms with Crippen molar-refractivity contribution < 1.29 is 14.3 Å². The fourth-order valence-electron chi connectivity index (χ4n) is 2.96. The van der Waals surface area contributed by atoms with Crippen molar-refractivity contribution in [1.82, 2.24) is 15.1 Å². The molecule has 0 aliphatic carbocycles. The van der Waals surface area contributed by atoms with Crippen LogP contribution in [0.4, 0.5) is 4.79 Å². The van der Waals surface area contributed by atoms with Crippen molar-refractivity contribution in [2.24, 2.45) is 11.8 Å². The fraction of sp³-hybridized carbons (Fsp3) is 0.667. The lowest BCUT2D eigenvalue weighted by Gasteiger charge is -2.35. The van der Waals surface area contributed by atoms with E-state index in [9.17, 15) is 4.79 Å². The van der Waals surface area contributed by atoms with Crippen molar-refractivity contribution in [1.29, 1.82) is 0 Å². The molecule has 0 spiro atoms. The summed E-state index contributed by atoms with van der Waals surface area (Å²) >= 11 is 0. The summed E-state index contributed by atoms with van der Waals surface area (Å²) in [5, 5.41) is 3.00. The lowest BCUT2D eigenvalue weighted by molar-refractivity contribution is 0.134. The Morgan fingerprint density at radius 2 is 1.78 bits per heavy atom. The zero-order chi connectivity index (χ0) is 19.8. The minimum atomic E-state index is 0.0525. The topological polar surface area (TPSA) is 54.0 Å². The van der Waals surface area contributed by atoms with Gasteiger partial charge in [0.2, 0.25) is 0 Å². The Balaban J connectivity index is 1.85. The molecule has 1 N–H and O–H groups in total. The normalized spacial score (nSPS) is 15.3. The van der Waals surface area contributed by atoms with Crippen LogP contribution in [0.1, 0.15) is 33.3 Å². The third-order valence-corrected chi connectivity index (χ3v) is 4.53. The molecular weight excluding hydrogens is 342 g/mol. The number of hydrogen-bond donors (Lipinski definition) is 1. The number of ether oxygens (including phenoxy) is 2. The summed E-state index contributed by atoms with van der Waals surface area (Å²) in [5.41, 5.74) is 1.20. The molecule has 2 rings (SSSR count). The first-order valence-corrected chi connectivity index (χ1v) is 9.94. The highest BCUT2D eigenvalue weighted by Gasteiger charge is 2.21. The second-order valence-electron chi connectivity index (χ2n) is 8.03. The van der Waals surface area contributed by atoms with Gasteiger partial charge in [-0.2, -0.15) is 0 Å². The standard InChI is InChI=1S/C21H35N3O3/c1-16(2)13-22-21(25)24-10-8-23(9-11-24)14-18-6-7-19(20(12-18)26-5)27-15-17(3)4/h6-7,12,16-17H,8-11,13-15H2,1-5H3,(H,22,25).